The molecule has 6 heteroatoms. The van der Waals surface area contributed by atoms with Gasteiger partial charge in [-0.1, -0.05) is 48.5 Å². The van der Waals surface area contributed by atoms with Gasteiger partial charge in [0.15, 0.2) is 5.96 Å². The number of pyridine rings is 1. The molecule has 3 rings (SSSR count). The van der Waals surface area contributed by atoms with Crippen molar-refractivity contribution in [1.29, 1.82) is 0 Å². The fourth-order valence-corrected chi connectivity index (χ4v) is 2.81. The predicted octanol–water partition coefficient (Wildman–Crippen LogP) is 4.58. The SMILES string of the molecule is CCNC(=NCc1ccc(OCc2ccccn2)cc1)NCCc1ccccc1.I. The standard InChI is InChI=1S/C24H28N4O.HI/c1-2-25-24(27-17-15-20-8-4-3-5-9-20)28-18-21-11-13-23(14-12-21)29-19-22-10-6-7-16-26-22;/h3-14,16H,2,15,17-19H2,1H3,(H2,25,27,28);1H. The summed E-state index contributed by atoms with van der Waals surface area (Å²) in [5.74, 6) is 1.66. The quantitative estimate of drug-likeness (QED) is 0.249. The Balaban J connectivity index is 0.00000320. The largest absolute Gasteiger partial charge is 0.487 e. The third-order valence-corrected chi connectivity index (χ3v) is 4.35. The number of halogens is 1. The van der Waals surface area contributed by atoms with E-state index in [-0.39, 0.29) is 24.0 Å². The molecule has 2 N–H and O–H groups in total. The summed E-state index contributed by atoms with van der Waals surface area (Å²) >= 11 is 0. The molecule has 0 radical (unpaired) electrons. The molecule has 0 saturated heterocycles. The molecule has 1 aromatic heterocycles. The number of nitrogens with one attached hydrogen (secondary N) is 2. The summed E-state index contributed by atoms with van der Waals surface area (Å²) in [6, 6.07) is 24.3. The van der Waals surface area contributed by atoms with Gasteiger partial charge in [-0.15, -0.1) is 24.0 Å². The van der Waals surface area contributed by atoms with Crippen molar-refractivity contribution < 1.29 is 4.74 Å². The second-order valence-corrected chi connectivity index (χ2v) is 6.61. The van der Waals surface area contributed by atoms with Gasteiger partial charge in [-0.25, -0.2) is 4.99 Å². The number of aliphatic imine (C=N–C) groups is 1. The van der Waals surface area contributed by atoms with Crippen LogP contribution in [0.5, 0.6) is 5.75 Å². The monoisotopic (exact) mass is 516 g/mol. The summed E-state index contributed by atoms with van der Waals surface area (Å²) < 4.78 is 5.78. The number of guanidine groups is 1. The minimum absolute atomic E-state index is 0. The molecule has 158 valence electrons. The van der Waals surface area contributed by atoms with Gasteiger partial charge in [-0.05, 0) is 48.7 Å². The van der Waals surface area contributed by atoms with Crippen LogP contribution < -0.4 is 15.4 Å². The van der Waals surface area contributed by atoms with Crippen LogP contribution in [0.1, 0.15) is 23.7 Å². The Hall–Kier alpha value is -2.61. The Kier molecular flexibility index (Phi) is 10.7. The summed E-state index contributed by atoms with van der Waals surface area (Å²) in [7, 11) is 0. The van der Waals surface area contributed by atoms with Crippen molar-refractivity contribution >= 4 is 29.9 Å². The highest BCUT2D eigenvalue weighted by atomic mass is 127. The molecule has 5 nitrogen and oxygen atoms in total. The first kappa shape index (κ1) is 23.7. The fourth-order valence-electron chi connectivity index (χ4n) is 2.81. The smallest absolute Gasteiger partial charge is 0.191 e. The van der Waals surface area contributed by atoms with Crippen LogP contribution in [-0.4, -0.2) is 24.0 Å². The van der Waals surface area contributed by atoms with Crippen LogP contribution in [0.3, 0.4) is 0 Å². The maximum Gasteiger partial charge on any atom is 0.191 e. The molecule has 0 aliphatic carbocycles. The molecule has 0 unspecified atom stereocenters. The average molecular weight is 516 g/mol. The van der Waals surface area contributed by atoms with Crippen molar-refractivity contribution in [3.63, 3.8) is 0 Å². The molecule has 0 saturated carbocycles. The van der Waals surface area contributed by atoms with Gasteiger partial charge in [0.05, 0.1) is 12.2 Å². The Morgan fingerprint density at radius 1 is 0.900 bits per heavy atom. The molecule has 30 heavy (non-hydrogen) atoms. The lowest BCUT2D eigenvalue weighted by molar-refractivity contribution is 0.301. The number of nitrogens with zero attached hydrogens (tertiary/aromatic N) is 2. The van der Waals surface area contributed by atoms with Crippen molar-refractivity contribution in [3.8, 4) is 5.75 Å². The van der Waals surface area contributed by atoms with Gasteiger partial charge in [-0.3, -0.25) is 4.98 Å². The van der Waals surface area contributed by atoms with Gasteiger partial charge in [-0.2, -0.15) is 0 Å². The van der Waals surface area contributed by atoms with E-state index in [1.54, 1.807) is 6.20 Å². The molecule has 0 aliphatic heterocycles. The molecule has 2 aromatic carbocycles. The van der Waals surface area contributed by atoms with Crippen molar-refractivity contribution in [1.82, 2.24) is 15.6 Å². The lowest BCUT2D eigenvalue weighted by Gasteiger charge is -2.11. The molecule has 1 heterocycles. The molecule has 0 fully saturated rings. The summed E-state index contributed by atoms with van der Waals surface area (Å²) in [6.07, 6.45) is 2.74. The topological polar surface area (TPSA) is 58.5 Å². The highest BCUT2D eigenvalue weighted by Crippen LogP contribution is 2.14. The molecule has 0 aliphatic rings. The number of hydrogen-bond donors (Lipinski definition) is 2. The van der Waals surface area contributed by atoms with E-state index >= 15 is 0 Å². The van der Waals surface area contributed by atoms with E-state index in [9.17, 15) is 0 Å². The zero-order valence-electron chi connectivity index (χ0n) is 17.3. The summed E-state index contributed by atoms with van der Waals surface area (Å²) in [6.45, 7) is 4.82. The summed E-state index contributed by atoms with van der Waals surface area (Å²) in [5, 5.41) is 6.69. The minimum atomic E-state index is 0. The Morgan fingerprint density at radius 2 is 1.67 bits per heavy atom. The van der Waals surface area contributed by atoms with Gasteiger partial charge in [0.1, 0.15) is 12.4 Å². The van der Waals surface area contributed by atoms with E-state index in [0.717, 1.165) is 42.5 Å². The van der Waals surface area contributed by atoms with Crippen LogP contribution in [0.15, 0.2) is 84.0 Å². The van der Waals surface area contributed by atoms with Crippen LogP contribution in [0.2, 0.25) is 0 Å². The van der Waals surface area contributed by atoms with Gasteiger partial charge < -0.3 is 15.4 Å². The number of aromatic nitrogens is 1. The van der Waals surface area contributed by atoms with Gasteiger partial charge in [0.25, 0.3) is 0 Å². The minimum Gasteiger partial charge on any atom is -0.487 e. The third kappa shape index (κ3) is 8.41. The van der Waals surface area contributed by atoms with E-state index < -0.39 is 0 Å². The zero-order valence-corrected chi connectivity index (χ0v) is 19.6. The fraction of sp³-hybridized carbons (Fsp3) is 0.250. The normalized spacial score (nSPS) is 10.8. The molecule has 0 spiro atoms. The van der Waals surface area contributed by atoms with Gasteiger partial charge >= 0.3 is 0 Å². The lowest BCUT2D eigenvalue weighted by atomic mass is 10.1. The Bertz CT molecular complexity index is 871. The molecular formula is C24H29IN4O. The number of ether oxygens (including phenoxy) is 1. The first-order valence-corrected chi connectivity index (χ1v) is 10.0. The zero-order chi connectivity index (χ0) is 20.2. The molecule has 0 bridgehead atoms. The second-order valence-electron chi connectivity index (χ2n) is 6.61. The highest BCUT2D eigenvalue weighted by molar-refractivity contribution is 14.0. The first-order valence-electron chi connectivity index (χ1n) is 10.0. The van der Waals surface area contributed by atoms with E-state index in [4.69, 9.17) is 4.74 Å². The summed E-state index contributed by atoms with van der Waals surface area (Å²) in [4.78, 5) is 8.95. The second kappa shape index (κ2) is 13.6. The van der Waals surface area contributed by atoms with Crippen molar-refractivity contribution in [2.75, 3.05) is 13.1 Å². The van der Waals surface area contributed by atoms with Crippen molar-refractivity contribution in [3.05, 3.63) is 95.8 Å². The number of rotatable bonds is 9. The maximum atomic E-state index is 5.78. The molecule has 3 aromatic rings. The van der Waals surface area contributed by atoms with E-state index in [2.05, 4.69) is 51.8 Å². The van der Waals surface area contributed by atoms with Crippen molar-refractivity contribution in [2.24, 2.45) is 4.99 Å². The van der Waals surface area contributed by atoms with Crippen LogP contribution in [0.25, 0.3) is 0 Å². The van der Waals surface area contributed by atoms with Crippen LogP contribution >= 0.6 is 24.0 Å². The van der Waals surface area contributed by atoms with Crippen LogP contribution in [0, 0.1) is 0 Å². The first-order chi connectivity index (χ1) is 14.3. The van der Waals surface area contributed by atoms with Crippen molar-refractivity contribution in [2.45, 2.75) is 26.5 Å². The van der Waals surface area contributed by atoms with E-state index in [0.29, 0.717) is 13.2 Å². The van der Waals surface area contributed by atoms with E-state index in [1.807, 2.05) is 48.5 Å². The number of hydrogen-bond acceptors (Lipinski definition) is 3. The number of benzene rings is 2. The maximum absolute atomic E-state index is 5.78. The molecule has 0 amide bonds. The predicted molar refractivity (Wildman–Crippen MR) is 133 cm³/mol. The van der Waals surface area contributed by atoms with Gasteiger partial charge in [0.2, 0.25) is 0 Å². The van der Waals surface area contributed by atoms with Crippen LogP contribution in [0.4, 0.5) is 0 Å². The third-order valence-electron chi connectivity index (χ3n) is 4.35. The van der Waals surface area contributed by atoms with E-state index in [1.165, 1.54) is 5.56 Å². The highest BCUT2D eigenvalue weighted by Gasteiger charge is 2.00. The Labute approximate surface area is 196 Å². The molecule has 0 atom stereocenters. The Morgan fingerprint density at radius 3 is 2.37 bits per heavy atom. The average Bonchev–Trinajstić information content (AvgIpc) is 2.78. The van der Waals surface area contributed by atoms with Gasteiger partial charge in [0, 0.05) is 19.3 Å². The molecular weight excluding hydrogens is 487 g/mol. The summed E-state index contributed by atoms with van der Waals surface area (Å²) in [5.41, 5.74) is 3.37. The lowest BCUT2D eigenvalue weighted by Crippen LogP contribution is -2.38. The van der Waals surface area contributed by atoms with Crippen LogP contribution in [-0.2, 0) is 19.6 Å².